The molecule has 0 fully saturated rings. The highest BCUT2D eigenvalue weighted by Crippen LogP contribution is 2.24. The fourth-order valence-corrected chi connectivity index (χ4v) is 2.56. The van der Waals surface area contributed by atoms with Crippen LogP contribution < -0.4 is 4.74 Å². The number of alkyl halides is 2. The summed E-state index contributed by atoms with van der Waals surface area (Å²) in [5.41, 5.74) is 3.77. The first kappa shape index (κ1) is 14.9. The van der Waals surface area contributed by atoms with E-state index in [9.17, 15) is 8.78 Å². The monoisotopic (exact) mass is 304 g/mol. The molecular formula is C17H18F2N2O. The van der Waals surface area contributed by atoms with Crippen LogP contribution in [0.2, 0.25) is 0 Å². The smallest absolute Gasteiger partial charge is 0.278 e. The lowest BCUT2D eigenvalue weighted by atomic mass is 10.1. The van der Waals surface area contributed by atoms with Gasteiger partial charge in [-0.15, -0.1) is 0 Å². The molecule has 0 bridgehead atoms. The van der Waals surface area contributed by atoms with Gasteiger partial charge in [0.2, 0.25) is 5.88 Å². The lowest BCUT2D eigenvalue weighted by molar-refractivity contribution is -0.0242. The van der Waals surface area contributed by atoms with E-state index in [1.165, 1.54) is 11.1 Å². The molecule has 0 saturated carbocycles. The third-order valence-electron chi connectivity index (χ3n) is 3.58. The number of benzene rings is 1. The number of halogens is 2. The molecule has 116 valence electrons. The van der Waals surface area contributed by atoms with E-state index < -0.39 is 12.5 Å². The number of rotatable bonds is 5. The zero-order chi connectivity index (χ0) is 15.6. The molecule has 1 aromatic heterocycles. The Balaban J connectivity index is 1.56. The minimum Gasteiger partial charge on any atom is -0.471 e. The van der Waals surface area contributed by atoms with Gasteiger partial charge in [0.25, 0.3) is 5.92 Å². The van der Waals surface area contributed by atoms with Gasteiger partial charge in [-0.1, -0.05) is 30.3 Å². The van der Waals surface area contributed by atoms with Crippen LogP contribution in [0, 0.1) is 0 Å². The third-order valence-corrected chi connectivity index (χ3v) is 3.58. The van der Waals surface area contributed by atoms with Gasteiger partial charge in [-0.2, -0.15) is 0 Å². The predicted octanol–water partition coefficient (Wildman–Crippen LogP) is 3.63. The molecule has 5 heteroatoms. The maximum absolute atomic E-state index is 12.7. The van der Waals surface area contributed by atoms with Crippen molar-refractivity contribution >= 4 is 0 Å². The minimum atomic E-state index is -2.85. The van der Waals surface area contributed by atoms with Crippen LogP contribution in [0.25, 0.3) is 0 Å². The molecule has 0 amide bonds. The topological polar surface area (TPSA) is 25.4 Å². The standard InChI is InChI=1S/C17H18F2N2O/c1-17(18,19)12-22-16-7-6-13(8-20-16)9-21-10-14-4-2-3-5-15(14)11-21/h2-8H,9-12H2,1H3. The zero-order valence-corrected chi connectivity index (χ0v) is 12.4. The van der Waals surface area contributed by atoms with Crippen molar-refractivity contribution in [2.24, 2.45) is 0 Å². The van der Waals surface area contributed by atoms with Crippen LogP contribution >= 0.6 is 0 Å². The lowest BCUT2D eigenvalue weighted by Crippen LogP contribution is -2.21. The summed E-state index contributed by atoms with van der Waals surface area (Å²) in [5.74, 6) is -2.61. The molecule has 2 heterocycles. The van der Waals surface area contributed by atoms with Gasteiger partial charge in [0.1, 0.15) is 0 Å². The van der Waals surface area contributed by atoms with Crippen molar-refractivity contribution in [1.29, 1.82) is 0 Å². The Morgan fingerprint density at radius 3 is 2.36 bits per heavy atom. The Labute approximate surface area is 128 Å². The number of hydrogen-bond acceptors (Lipinski definition) is 3. The van der Waals surface area contributed by atoms with Gasteiger partial charge in [0.15, 0.2) is 6.61 Å². The summed E-state index contributed by atoms with van der Waals surface area (Å²) in [4.78, 5) is 6.41. The number of hydrogen-bond donors (Lipinski definition) is 0. The normalized spacial score (nSPS) is 14.9. The molecule has 2 aromatic rings. The Bertz CT molecular complexity index is 613. The summed E-state index contributed by atoms with van der Waals surface area (Å²) in [6, 6.07) is 11.9. The molecule has 0 aliphatic carbocycles. The maximum atomic E-state index is 12.7. The highest BCUT2D eigenvalue weighted by Gasteiger charge is 2.22. The molecule has 22 heavy (non-hydrogen) atoms. The van der Waals surface area contributed by atoms with Gasteiger partial charge < -0.3 is 4.74 Å². The second-order valence-corrected chi connectivity index (χ2v) is 5.78. The lowest BCUT2D eigenvalue weighted by Gasteiger charge is -2.15. The van der Waals surface area contributed by atoms with E-state index in [0.717, 1.165) is 32.1 Å². The number of pyridine rings is 1. The average molecular weight is 304 g/mol. The van der Waals surface area contributed by atoms with Gasteiger partial charge in [-0.25, -0.2) is 13.8 Å². The van der Waals surface area contributed by atoms with E-state index in [1.807, 2.05) is 6.07 Å². The van der Waals surface area contributed by atoms with E-state index >= 15 is 0 Å². The van der Waals surface area contributed by atoms with Gasteiger partial charge in [0.05, 0.1) is 0 Å². The summed E-state index contributed by atoms with van der Waals surface area (Å²) < 4.78 is 30.4. The van der Waals surface area contributed by atoms with E-state index in [1.54, 1.807) is 12.3 Å². The zero-order valence-electron chi connectivity index (χ0n) is 12.4. The van der Waals surface area contributed by atoms with Crippen molar-refractivity contribution < 1.29 is 13.5 Å². The van der Waals surface area contributed by atoms with Crippen molar-refractivity contribution in [2.75, 3.05) is 6.61 Å². The summed E-state index contributed by atoms with van der Waals surface area (Å²) in [7, 11) is 0. The van der Waals surface area contributed by atoms with Crippen molar-refractivity contribution in [3.05, 3.63) is 59.3 Å². The van der Waals surface area contributed by atoms with Crippen molar-refractivity contribution in [3.8, 4) is 5.88 Å². The Hall–Kier alpha value is -2.01. The number of ether oxygens (including phenoxy) is 1. The average Bonchev–Trinajstić information content (AvgIpc) is 2.88. The van der Waals surface area contributed by atoms with Crippen molar-refractivity contribution in [1.82, 2.24) is 9.88 Å². The van der Waals surface area contributed by atoms with Crippen LogP contribution in [0.1, 0.15) is 23.6 Å². The maximum Gasteiger partial charge on any atom is 0.278 e. The van der Waals surface area contributed by atoms with E-state index in [0.29, 0.717) is 0 Å². The number of aromatic nitrogens is 1. The molecule has 3 rings (SSSR count). The molecule has 0 saturated heterocycles. The first-order chi connectivity index (χ1) is 10.5. The fourth-order valence-electron chi connectivity index (χ4n) is 2.56. The van der Waals surface area contributed by atoms with E-state index in [4.69, 9.17) is 4.74 Å². The van der Waals surface area contributed by atoms with Gasteiger partial charge in [0, 0.05) is 38.8 Å². The molecule has 3 nitrogen and oxygen atoms in total. The molecule has 0 atom stereocenters. The highest BCUT2D eigenvalue weighted by molar-refractivity contribution is 5.30. The van der Waals surface area contributed by atoms with Crippen LogP contribution in [0.15, 0.2) is 42.6 Å². The summed E-state index contributed by atoms with van der Waals surface area (Å²) in [6.07, 6.45) is 1.69. The highest BCUT2D eigenvalue weighted by atomic mass is 19.3. The molecule has 0 N–H and O–H groups in total. The number of nitrogens with zero attached hydrogens (tertiary/aromatic N) is 2. The van der Waals surface area contributed by atoms with Crippen molar-refractivity contribution in [2.45, 2.75) is 32.5 Å². The van der Waals surface area contributed by atoms with Crippen LogP contribution in [-0.2, 0) is 19.6 Å². The van der Waals surface area contributed by atoms with E-state index in [-0.39, 0.29) is 5.88 Å². The Morgan fingerprint density at radius 1 is 1.14 bits per heavy atom. The Morgan fingerprint density at radius 2 is 1.82 bits per heavy atom. The quantitative estimate of drug-likeness (QED) is 0.843. The summed E-state index contributed by atoms with van der Waals surface area (Å²) >= 11 is 0. The van der Waals surface area contributed by atoms with Crippen LogP contribution in [0.4, 0.5) is 8.78 Å². The van der Waals surface area contributed by atoms with Gasteiger partial charge in [-0.3, -0.25) is 4.90 Å². The Kier molecular flexibility index (Phi) is 4.07. The molecule has 0 unspecified atom stereocenters. The molecular weight excluding hydrogens is 286 g/mol. The van der Waals surface area contributed by atoms with Crippen molar-refractivity contribution in [3.63, 3.8) is 0 Å². The third kappa shape index (κ3) is 3.80. The van der Waals surface area contributed by atoms with Gasteiger partial charge >= 0.3 is 0 Å². The molecule has 1 aliphatic rings. The SMILES string of the molecule is CC(F)(F)COc1ccc(CN2Cc3ccccc3C2)cn1. The van der Waals surface area contributed by atoms with E-state index in [2.05, 4.69) is 34.1 Å². The number of fused-ring (bicyclic) bond motifs is 1. The molecule has 0 spiro atoms. The second-order valence-electron chi connectivity index (χ2n) is 5.78. The fraction of sp³-hybridized carbons (Fsp3) is 0.353. The predicted molar refractivity (Wildman–Crippen MR) is 79.7 cm³/mol. The summed E-state index contributed by atoms with van der Waals surface area (Å²) in [6.45, 7) is 2.81. The van der Waals surface area contributed by atoms with Crippen LogP contribution in [-0.4, -0.2) is 22.4 Å². The largest absolute Gasteiger partial charge is 0.471 e. The van der Waals surface area contributed by atoms with Crippen LogP contribution in [0.5, 0.6) is 5.88 Å². The second kappa shape index (κ2) is 6.01. The molecule has 1 aromatic carbocycles. The minimum absolute atomic E-state index is 0.231. The van der Waals surface area contributed by atoms with Crippen LogP contribution in [0.3, 0.4) is 0 Å². The summed E-state index contributed by atoms with van der Waals surface area (Å²) in [5, 5.41) is 0. The van der Waals surface area contributed by atoms with Gasteiger partial charge in [-0.05, 0) is 16.7 Å². The first-order valence-electron chi connectivity index (χ1n) is 7.24. The molecule has 1 aliphatic heterocycles. The molecule has 0 radical (unpaired) electrons. The first-order valence-corrected chi connectivity index (χ1v) is 7.24.